The molecule has 0 atom stereocenters. The van der Waals surface area contributed by atoms with E-state index in [0.717, 1.165) is 5.19 Å². The van der Waals surface area contributed by atoms with Crippen LogP contribution in [0.15, 0.2) is 18.2 Å². The predicted molar refractivity (Wildman–Crippen MR) is 55.8 cm³/mol. The SMILES string of the molecule is C[Si](C)(C)c1cc(C#N)ccc1O. The molecule has 13 heavy (non-hydrogen) atoms. The molecule has 0 aliphatic heterocycles. The van der Waals surface area contributed by atoms with Crippen LogP contribution in [0.1, 0.15) is 5.56 Å². The van der Waals surface area contributed by atoms with Crippen LogP contribution in [0.2, 0.25) is 19.6 Å². The van der Waals surface area contributed by atoms with E-state index in [1.807, 2.05) is 0 Å². The minimum absolute atomic E-state index is 0.318. The molecule has 68 valence electrons. The Hall–Kier alpha value is -1.27. The van der Waals surface area contributed by atoms with E-state index in [4.69, 9.17) is 5.26 Å². The van der Waals surface area contributed by atoms with Gasteiger partial charge in [-0.05, 0) is 23.4 Å². The van der Waals surface area contributed by atoms with Gasteiger partial charge in [0.1, 0.15) is 5.75 Å². The van der Waals surface area contributed by atoms with E-state index in [9.17, 15) is 5.11 Å². The van der Waals surface area contributed by atoms with Gasteiger partial charge in [-0.1, -0.05) is 19.6 Å². The highest BCUT2D eigenvalue weighted by atomic mass is 28.3. The highest BCUT2D eigenvalue weighted by molar-refractivity contribution is 6.89. The molecule has 0 aromatic heterocycles. The summed E-state index contributed by atoms with van der Waals surface area (Å²) in [5, 5.41) is 19.2. The summed E-state index contributed by atoms with van der Waals surface area (Å²) in [4.78, 5) is 0. The first-order chi connectivity index (χ1) is 5.95. The smallest absolute Gasteiger partial charge is 0.114 e. The Balaban J connectivity index is 3.29. The number of hydrogen-bond acceptors (Lipinski definition) is 2. The van der Waals surface area contributed by atoms with Gasteiger partial charge in [-0.25, -0.2) is 0 Å². The van der Waals surface area contributed by atoms with Gasteiger partial charge in [0.05, 0.1) is 19.7 Å². The molecule has 0 saturated heterocycles. The summed E-state index contributed by atoms with van der Waals surface area (Å²) in [6.07, 6.45) is 0. The van der Waals surface area contributed by atoms with E-state index in [2.05, 4.69) is 25.7 Å². The van der Waals surface area contributed by atoms with Gasteiger partial charge in [0, 0.05) is 0 Å². The first-order valence-corrected chi connectivity index (χ1v) is 7.69. The van der Waals surface area contributed by atoms with Crippen molar-refractivity contribution in [2.75, 3.05) is 0 Å². The molecule has 3 heteroatoms. The second-order valence-corrected chi connectivity index (χ2v) is 9.13. The lowest BCUT2D eigenvalue weighted by molar-refractivity contribution is 0.479. The molecule has 2 nitrogen and oxygen atoms in total. The van der Waals surface area contributed by atoms with Gasteiger partial charge in [0.2, 0.25) is 0 Å². The van der Waals surface area contributed by atoms with Crippen molar-refractivity contribution < 1.29 is 5.11 Å². The molecule has 0 heterocycles. The van der Waals surface area contributed by atoms with Crippen LogP contribution in [0.4, 0.5) is 0 Å². The lowest BCUT2D eigenvalue weighted by Crippen LogP contribution is -2.37. The number of benzene rings is 1. The summed E-state index contributed by atoms with van der Waals surface area (Å²) in [7, 11) is -1.53. The molecule has 1 rings (SSSR count). The van der Waals surface area contributed by atoms with Crippen molar-refractivity contribution in [1.82, 2.24) is 0 Å². The molecule has 0 aliphatic rings. The van der Waals surface area contributed by atoms with Crippen LogP contribution in [-0.2, 0) is 0 Å². The summed E-state index contributed by atoms with van der Waals surface area (Å²) in [5.41, 5.74) is 0.621. The normalized spacial score (nSPS) is 10.9. The van der Waals surface area contributed by atoms with Crippen molar-refractivity contribution in [3.05, 3.63) is 23.8 Å². The van der Waals surface area contributed by atoms with E-state index >= 15 is 0 Å². The van der Waals surface area contributed by atoms with E-state index in [1.54, 1.807) is 18.2 Å². The molecule has 0 unspecified atom stereocenters. The first-order valence-electron chi connectivity index (χ1n) is 4.19. The monoisotopic (exact) mass is 191 g/mol. The minimum atomic E-state index is -1.53. The number of nitrogens with zero attached hydrogens (tertiary/aromatic N) is 1. The molecule has 0 saturated carbocycles. The number of rotatable bonds is 1. The van der Waals surface area contributed by atoms with Crippen molar-refractivity contribution in [3.63, 3.8) is 0 Å². The zero-order chi connectivity index (χ0) is 10.1. The summed E-state index contributed by atoms with van der Waals surface area (Å²) in [5.74, 6) is 0.318. The van der Waals surface area contributed by atoms with E-state index < -0.39 is 8.07 Å². The molecule has 0 fully saturated rings. The predicted octanol–water partition coefficient (Wildman–Crippen LogP) is 1.81. The molecule has 0 amide bonds. The Morgan fingerprint density at radius 1 is 1.31 bits per heavy atom. The lowest BCUT2D eigenvalue weighted by atomic mass is 10.2. The van der Waals surface area contributed by atoms with Crippen LogP contribution in [-0.4, -0.2) is 13.2 Å². The molecule has 0 bridgehead atoms. The third-order valence-corrected chi connectivity index (χ3v) is 3.95. The zero-order valence-electron chi connectivity index (χ0n) is 8.13. The summed E-state index contributed by atoms with van der Waals surface area (Å²) < 4.78 is 0. The van der Waals surface area contributed by atoms with Gasteiger partial charge in [0.25, 0.3) is 0 Å². The number of phenols is 1. The lowest BCUT2D eigenvalue weighted by Gasteiger charge is -2.17. The summed E-state index contributed by atoms with van der Waals surface area (Å²) in [6, 6.07) is 7.11. The second-order valence-electron chi connectivity index (χ2n) is 4.09. The van der Waals surface area contributed by atoms with E-state index in [0.29, 0.717) is 11.3 Å². The van der Waals surface area contributed by atoms with Crippen LogP contribution >= 0.6 is 0 Å². The van der Waals surface area contributed by atoms with Crippen molar-refractivity contribution in [3.8, 4) is 11.8 Å². The highest BCUT2D eigenvalue weighted by Gasteiger charge is 2.20. The third kappa shape index (κ3) is 2.10. The average molecular weight is 191 g/mol. The van der Waals surface area contributed by atoms with Crippen LogP contribution in [0.25, 0.3) is 0 Å². The quantitative estimate of drug-likeness (QED) is 0.688. The van der Waals surface area contributed by atoms with Crippen LogP contribution in [0.3, 0.4) is 0 Å². The number of hydrogen-bond donors (Lipinski definition) is 1. The zero-order valence-corrected chi connectivity index (χ0v) is 9.13. The molecular formula is C10H13NOSi. The number of phenolic OH excluding ortho intramolecular Hbond substituents is 1. The Morgan fingerprint density at radius 2 is 1.92 bits per heavy atom. The van der Waals surface area contributed by atoms with Gasteiger partial charge < -0.3 is 5.11 Å². The third-order valence-electron chi connectivity index (χ3n) is 1.93. The number of nitriles is 1. The molecule has 1 N–H and O–H groups in total. The fraction of sp³-hybridized carbons (Fsp3) is 0.300. The molecular weight excluding hydrogens is 178 g/mol. The Kier molecular flexibility index (Phi) is 2.44. The number of aromatic hydroxyl groups is 1. The van der Waals surface area contributed by atoms with Crippen molar-refractivity contribution in [2.24, 2.45) is 0 Å². The average Bonchev–Trinajstić information content (AvgIpc) is 2.03. The highest BCUT2D eigenvalue weighted by Crippen LogP contribution is 2.13. The maximum absolute atomic E-state index is 9.59. The molecule has 0 radical (unpaired) electrons. The van der Waals surface area contributed by atoms with E-state index in [1.165, 1.54) is 0 Å². The molecule has 0 spiro atoms. The fourth-order valence-electron chi connectivity index (χ4n) is 1.21. The van der Waals surface area contributed by atoms with Gasteiger partial charge in [-0.3, -0.25) is 0 Å². The minimum Gasteiger partial charge on any atom is -0.508 e. The topological polar surface area (TPSA) is 44.0 Å². The fourth-order valence-corrected chi connectivity index (χ4v) is 2.65. The molecule has 0 aliphatic carbocycles. The van der Waals surface area contributed by atoms with Gasteiger partial charge in [0.15, 0.2) is 0 Å². The molecule has 1 aromatic rings. The van der Waals surface area contributed by atoms with Crippen LogP contribution in [0.5, 0.6) is 5.75 Å². The van der Waals surface area contributed by atoms with Crippen LogP contribution < -0.4 is 5.19 Å². The Morgan fingerprint density at radius 3 is 2.38 bits per heavy atom. The summed E-state index contributed by atoms with van der Waals surface area (Å²) >= 11 is 0. The van der Waals surface area contributed by atoms with E-state index in [-0.39, 0.29) is 0 Å². The van der Waals surface area contributed by atoms with Crippen LogP contribution in [0, 0.1) is 11.3 Å². The van der Waals surface area contributed by atoms with Gasteiger partial charge in [-0.2, -0.15) is 5.26 Å². The van der Waals surface area contributed by atoms with Crippen molar-refractivity contribution in [2.45, 2.75) is 19.6 Å². The standard InChI is InChI=1S/C10H13NOSi/c1-13(2,3)10-6-8(7-11)4-5-9(10)12/h4-6,12H,1-3H3. The summed E-state index contributed by atoms with van der Waals surface area (Å²) in [6.45, 7) is 6.43. The largest absolute Gasteiger partial charge is 0.508 e. The van der Waals surface area contributed by atoms with Gasteiger partial charge in [-0.15, -0.1) is 0 Å². The maximum Gasteiger partial charge on any atom is 0.114 e. The van der Waals surface area contributed by atoms with Gasteiger partial charge >= 0.3 is 0 Å². The first kappa shape index (κ1) is 9.81. The Bertz CT molecular complexity index is 360. The Labute approximate surface area is 79.5 Å². The van der Waals surface area contributed by atoms with Crippen molar-refractivity contribution >= 4 is 13.3 Å². The second kappa shape index (κ2) is 3.23. The molecule has 1 aromatic carbocycles. The maximum atomic E-state index is 9.59. The van der Waals surface area contributed by atoms with Crippen molar-refractivity contribution in [1.29, 1.82) is 5.26 Å².